The first-order valence-corrected chi connectivity index (χ1v) is 7.37. The maximum Gasteiger partial charge on any atom is 0.134 e. The van der Waals surface area contributed by atoms with Crippen LogP contribution in [0.2, 0.25) is 0 Å². The lowest BCUT2D eigenvalue weighted by Gasteiger charge is -2.18. The Balaban J connectivity index is 1.76. The summed E-state index contributed by atoms with van der Waals surface area (Å²) >= 11 is 0. The molecule has 1 aliphatic rings. The Morgan fingerprint density at radius 3 is 2.81 bits per heavy atom. The van der Waals surface area contributed by atoms with Gasteiger partial charge in [0.05, 0.1) is 17.9 Å². The lowest BCUT2D eigenvalue weighted by atomic mass is 10.2. The predicted molar refractivity (Wildman–Crippen MR) is 82.1 cm³/mol. The molecule has 2 aromatic heterocycles. The molecule has 1 aliphatic heterocycles. The Kier molecular flexibility index (Phi) is 3.63. The minimum absolute atomic E-state index is 0.252. The zero-order valence-corrected chi connectivity index (χ0v) is 13.1. The summed E-state index contributed by atoms with van der Waals surface area (Å²) in [6.07, 6.45) is 0. The molecule has 0 radical (unpaired) electrons. The van der Waals surface area contributed by atoms with Crippen molar-refractivity contribution in [3.63, 3.8) is 0 Å². The average Bonchev–Trinajstić information content (AvgIpc) is 2.96. The second-order valence-corrected chi connectivity index (χ2v) is 5.80. The van der Waals surface area contributed by atoms with E-state index in [4.69, 9.17) is 0 Å². The minimum Gasteiger partial charge on any atom is -0.365 e. The van der Waals surface area contributed by atoms with E-state index in [1.807, 2.05) is 18.5 Å². The monoisotopic (exact) mass is 286 g/mol. The van der Waals surface area contributed by atoms with Gasteiger partial charge >= 0.3 is 0 Å². The van der Waals surface area contributed by atoms with Crippen LogP contribution in [0.5, 0.6) is 0 Å². The van der Waals surface area contributed by atoms with E-state index in [9.17, 15) is 0 Å². The van der Waals surface area contributed by atoms with E-state index in [0.29, 0.717) is 0 Å². The van der Waals surface area contributed by atoms with Crippen molar-refractivity contribution in [2.75, 3.05) is 5.32 Å². The number of nitrogens with zero attached hydrogens (tertiary/aromatic N) is 4. The highest BCUT2D eigenvalue weighted by Crippen LogP contribution is 2.22. The van der Waals surface area contributed by atoms with Crippen LogP contribution < -0.4 is 10.6 Å². The molecule has 6 nitrogen and oxygen atoms in total. The first kappa shape index (κ1) is 14.0. The third kappa shape index (κ3) is 2.90. The Labute approximate surface area is 125 Å². The van der Waals surface area contributed by atoms with Crippen LogP contribution in [0.15, 0.2) is 6.07 Å². The molecule has 3 heterocycles. The van der Waals surface area contributed by atoms with Gasteiger partial charge < -0.3 is 10.6 Å². The third-order valence-corrected chi connectivity index (χ3v) is 3.73. The molecule has 0 spiro atoms. The molecule has 0 aliphatic carbocycles. The van der Waals surface area contributed by atoms with Gasteiger partial charge in [-0.05, 0) is 33.8 Å². The summed E-state index contributed by atoms with van der Waals surface area (Å²) < 4.78 is 2.04. The van der Waals surface area contributed by atoms with Gasteiger partial charge in [-0.25, -0.2) is 9.97 Å². The van der Waals surface area contributed by atoms with Crippen molar-refractivity contribution in [2.24, 2.45) is 0 Å². The first-order valence-electron chi connectivity index (χ1n) is 7.37. The highest BCUT2D eigenvalue weighted by Gasteiger charge is 2.19. The summed E-state index contributed by atoms with van der Waals surface area (Å²) in [5, 5.41) is 11.4. The van der Waals surface area contributed by atoms with Gasteiger partial charge in [0.2, 0.25) is 0 Å². The quantitative estimate of drug-likeness (QED) is 0.895. The highest BCUT2D eigenvalue weighted by atomic mass is 15.3. The number of aryl methyl sites for hydroxylation is 3. The maximum atomic E-state index is 4.56. The van der Waals surface area contributed by atoms with Crippen molar-refractivity contribution in [1.29, 1.82) is 0 Å². The lowest BCUT2D eigenvalue weighted by molar-refractivity contribution is 0.544. The SMILES string of the molecule is Cc1cc(C)n(CC(C)Nc2nc(C)nc3c2CNC3)n1. The van der Waals surface area contributed by atoms with E-state index in [1.54, 1.807) is 0 Å². The summed E-state index contributed by atoms with van der Waals surface area (Å²) in [6, 6.07) is 2.35. The Morgan fingerprint density at radius 2 is 2.10 bits per heavy atom. The summed E-state index contributed by atoms with van der Waals surface area (Å²) in [6.45, 7) is 10.7. The van der Waals surface area contributed by atoms with E-state index in [-0.39, 0.29) is 6.04 Å². The van der Waals surface area contributed by atoms with E-state index >= 15 is 0 Å². The first-order chi connectivity index (χ1) is 10.0. The van der Waals surface area contributed by atoms with Crippen LogP contribution in [-0.4, -0.2) is 25.8 Å². The molecule has 0 amide bonds. The van der Waals surface area contributed by atoms with Crippen molar-refractivity contribution in [3.8, 4) is 0 Å². The van der Waals surface area contributed by atoms with E-state index in [1.165, 1.54) is 11.3 Å². The van der Waals surface area contributed by atoms with Crippen molar-refractivity contribution in [1.82, 2.24) is 25.1 Å². The molecule has 6 heteroatoms. The molecule has 2 aromatic rings. The molecule has 0 saturated carbocycles. The van der Waals surface area contributed by atoms with E-state index < -0.39 is 0 Å². The van der Waals surface area contributed by atoms with Crippen LogP contribution in [-0.2, 0) is 19.6 Å². The standard InChI is InChI=1S/C15H22N6/c1-9-5-11(3)21(20-9)8-10(2)17-15-13-6-16-7-14(13)18-12(4)19-15/h5,10,16H,6-8H2,1-4H3,(H,17,18,19). The molecule has 0 aromatic carbocycles. The number of nitrogens with one attached hydrogen (secondary N) is 2. The van der Waals surface area contributed by atoms with Gasteiger partial charge in [-0.2, -0.15) is 5.10 Å². The molecular formula is C15H22N6. The number of anilines is 1. The van der Waals surface area contributed by atoms with Crippen molar-refractivity contribution in [3.05, 3.63) is 34.5 Å². The van der Waals surface area contributed by atoms with Crippen LogP contribution >= 0.6 is 0 Å². The van der Waals surface area contributed by atoms with Crippen LogP contribution in [0, 0.1) is 20.8 Å². The summed E-state index contributed by atoms with van der Waals surface area (Å²) in [5.74, 6) is 1.77. The normalized spacial score (nSPS) is 15.0. The lowest BCUT2D eigenvalue weighted by Crippen LogP contribution is -2.25. The van der Waals surface area contributed by atoms with Gasteiger partial charge in [0.15, 0.2) is 0 Å². The van der Waals surface area contributed by atoms with Gasteiger partial charge in [0, 0.05) is 30.4 Å². The fourth-order valence-corrected chi connectivity index (χ4v) is 2.81. The Morgan fingerprint density at radius 1 is 1.29 bits per heavy atom. The third-order valence-electron chi connectivity index (χ3n) is 3.73. The largest absolute Gasteiger partial charge is 0.365 e. The molecular weight excluding hydrogens is 264 g/mol. The Bertz CT molecular complexity index is 660. The smallest absolute Gasteiger partial charge is 0.134 e. The van der Waals surface area contributed by atoms with Crippen LogP contribution in [0.1, 0.15) is 35.4 Å². The second kappa shape index (κ2) is 5.44. The van der Waals surface area contributed by atoms with Gasteiger partial charge in [-0.3, -0.25) is 4.68 Å². The van der Waals surface area contributed by atoms with E-state index in [2.05, 4.69) is 45.6 Å². The van der Waals surface area contributed by atoms with Crippen LogP contribution in [0.25, 0.3) is 0 Å². The minimum atomic E-state index is 0.252. The fourth-order valence-electron chi connectivity index (χ4n) is 2.81. The number of rotatable bonds is 4. The molecule has 1 unspecified atom stereocenters. The number of hydrogen-bond donors (Lipinski definition) is 2. The zero-order chi connectivity index (χ0) is 15.0. The topological polar surface area (TPSA) is 67.7 Å². The van der Waals surface area contributed by atoms with Gasteiger partial charge in [-0.1, -0.05) is 0 Å². The zero-order valence-electron chi connectivity index (χ0n) is 13.1. The summed E-state index contributed by atoms with van der Waals surface area (Å²) in [4.78, 5) is 9.05. The molecule has 0 fully saturated rings. The second-order valence-electron chi connectivity index (χ2n) is 5.80. The van der Waals surface area contributed by atoms with Crippen molar-refractivity contribution < 1.29 is 0 Å². The van der Waals surface area contributed by atoms with Gasteiger partial charge in [-0.15, -0.1) is 0 Å². The summed E-state index contributed by atoms with van der Waals surface area (Å²) in [5.41, 5.74) is 4.55. The van der Waals surface area contributed by atoms with E-state index in [0.717, 1.165) is 42.7 Å². The average molecular weight is 286 g/mol. The molecule has 3 rings (SSSR count). The molecule has 21 heavy (non-hydrogen) atoms. The molecule has 1 atom stereocenters. The number of fused-ring (bicyclic) bond motifs is 1. The van der Waals surface area contributed by atoms with Gasteiger partial charge in [0.1, 0.15) is 11.6 Å². The van der Waals surface area contributed by atoms with Crippen molar-refractivity contribution >= 4 is 5.82 Å². The maximum absolute atomic E-state index is 4.56. The molecule has 112 valence electrons. The molecule has 2 N–H and O–H groups in total. The number of aromatic nitrogens is 4. The van der Waals surface area contributed by atoms with Crippen LogP contribution in [0.3, 0.4) is 0 Å². The number of hydrogen-bond acceptors (Lipinski definition) is 5. The Hall–Kier alpha value is -1.95. The predicted octanol–water partition coefficient (Wildman–Crippen LogP) is 1.70. The van der Waals surface area contributed by atoms with Gasteiger partial charge in [0.25, 0.3) is 0 Å². The summed E-state index contributed by atoms with van der Waals surface area (Å²) in [7, 11) is 0. The van der Waals surface area contributed by atoms with Crippen LogP contribution in [0.4, 0.5) is 5.82 Å². The molecule has 0 bridgehead atoms. The highest BCUT2D eigenvalue weighted by molar-refractivity contribution is 5.48. The van der Waals surface area contributed by atoms with Crippen molar-refractivity contribution in [2.45, 2.75) is 53.4 Å². The molecule has 0 saturated heterocycles. The fraction of sp³-hybridized carbons (Fsp3) is 0.533.